The lowest BCUT2D eigenvalue weighted by molar-refractivity contribution is -0.133. The number of aromatic nitrogens is 2. The zero-order chi connectivity index (χ0) is 14.7. The van der Waals surface area contributed by atoms with E-state index in [9.17, 15) is 4.79 Å². The van der Waals surface area contributed by atoms with E-state index >= 15 is 0 Å². The number of nitrogens with zero attached hydrogens (tertiary/aromatic N) is 2. The van der Waals surface area contributed by atoms with E-state index in [1.165, 1.54) is 11.8 Å². The lowest BCUT2D eigenvalue weighted by atomic mass is 10.3. The Morgan fingerprint density at radius 2 is 2.10 bits per heavy atom. The van der Waals surface area contributed by atoms with Crippen LogP contribution < -0.4 is 0 Å². The number of rotatable bonds is 6. The van der Waals surface area contributed by atoms with Crippen molar-refractivity contribution in [1.29, 1.82) is 0 Å². The Morgan fingerprint density at radius 1 is 1.40 bits per heavy atom. The molecule has 0 atom stereocenters. The first-order valence-corrected chi connectivity index (χ1v) is 7.97. The molecule has 0 aliphatic rings. The second kappa shape index (κ2) is 6.70. The van der Waals surface area contributed by atoms with E-state index in [0.29, 0.717) is 15.2 Å². The number of imidazole rings is 1. The first kappa shape index (κ1) is 15.5. The van der Waals surface area contributed by atoms with E-state index in [1.807, 2.05) is 4.57 Å². The van der Waals surface area contributed by atoms with Crippen molar-refractivity contribution >= 4 is 52.0 Å². The van der Waals surface area contributed by atoms with Gasteiger partial charge in [-0.15, -0.1) is 0 Å². The number of hydrogen-bond acceptors (Lipinski definition) is 3. The first-order chi connectivity index (χ1) is 9.52. The maximum atomic E-state index is 10.7. The number of fused-ring (bicyclic) bond motifs is 1. The number of carboxylic acid groups (broad SMARTS) is 1. The van der Waals surface area contributed by atoms with Gasteiger partial charge >= 0.3 is 5.97 Å². The second-order valence-electron chi connectivity index (χ2n) is 4.34. The fourth-order valence-electron chi connectivity index (χ4n) is 1.87. The Morgan fingerprint density at radius 3 is 2.75 bits per heavy atom. The third-order valence-electron chi connectivity index (χ3n) is 2.82. The highest BCUT2D eigenvalue weighted by molar-refractivity contribution is 7.99. The minimum Gasteiger partial charge on any atom is -0.481 e. The summed E-state index contributed by atoms with van der Waals surface area (Å²) in [6.07, 6.45) is 2.04. The number of halogens is 2. The molecule has 1 N–H and O–H groups in total. The highest BCUT2D eigenvalue weighted by Gasteiger charge is 2.14. The molecule has 0 amide bonds. The van der Waals surface area contributed by atoms with Gasteiger partial charge in [0.2, 0.25) is 0 Å². The Balaban J connectivity index is 2.45. The summed E-state index contributed by atoms with van der Waals surface area (Å²) in [5.74, 6) is -0.878. The lowest BCUT2D eigenvalue weighted by Gasteiger charge is -2.07. The Bertz CT molecular complexity index is 643. The first-order valence-electron chi connectivity index (χ1n) is 6.22. The van der Waals surface area contributed by atoms with Crippen molar-refractivity contribution in [1.82, 2.24) is 9.55 Å². The van der Waals surface area contributed by atoms with Gasteiger partial charge in [0.1, 0.15) is 0 Å². The normalized spacial score (nSPS) is 11.2. The van der Waals surface area contributed by atoms with Crippen LogP contribution in [-0.4, -0.2) is 26.4 Å². The van der Waals surface area contributed by atoms with Crippen LogP contribution in [0.3, 0.4) is 0 Å². The molecule has 0 radical (unpaired) electrons. The number of unbranched alkanes of at least 4 members (excludes halogenated alkanes) is 1. The molecule has 0 spiro atoms. The standard InChI is InChI=1S/C13H14Cl2N2O2S/c1-2-3-4-17-11-6-9(15)8(14)5-10(11)16-13(17)20-7-12(18)19/h5-6H,2-4,7H2,1H3,(H,18,19). The Labute approximate surface area is 131 Å². The molecule has 2 rings (SSSR count). The highest BCUT2D eigenvalue weighted by Crippen LogP contribution is 2.31. The zero-order valence-corrected chi connectivity index (χ0v) is 13.2. The zero-order valence-electron chi connectivity index (χ0n) is 10.9. The van der Waals surface area contributed by atoms with Gasteiger partial charge in [-0.3, -0.25) is 4.79 Å². The van der Waals surface area contributed by atoms with E-state index in [-0.39, 0.29) is 5.75 Å². The van der Waals surface area contributed by atoms with Gasteiger partial charge in [0.15, 0.2) is 5.16 Å². The third kappa shape index (κ3) is 3.40. The quantitative estimate of drug-likeness (QED) is 0.800. The summed E-state index contributed by atoms with van der Waals surface area (Å²) >= 11 is 13.3. The van der Waals surface area contributed by atoms with Gasteiger partial charge < -0.3 is 9.67 Å². The number of aliphatic carboxylic acids is 1. The molecule has 0 saturated heterocycles. The molecule has 0 unspecified atom stereocenters. The minimum absolute atomic E-state index is 0.0170. The fraction of sp³-hybridized carbons (Fsp3) is 0.385. The molecule has 2 aromatic rings. The van der Waals surface area contributed by atoms with Crippen LogP contribution in [0.25, 0.3) is 11.0 Å². The van der Waals surface area contributed by atoms with Gasteiger partial charge in [0.25, 0.3) is 0 Å². The maximum absolute atomic E-state index is 10.7. The lowest BCUT2D eigenvalue weighted by Crippen LogP contribution is -2.03. The van der Waals surface area contributed by atoms with E-state index in [4.69, 9.17) is 28.3 Å². The summed E-state index contributed by atoms with van der Waals surface area (Å²) in [7, 11) is 0. The number of benzene rings is 1. The summed E-state index contributed by atoms with van der Waals surface area (Å²) in [5.41, 5.74) is 1.63. The van der Waals surface area contributed by atoms with Gasteiger partial charge in [-0.2, -0.15) is 0 Å². The molecule has 7 heteroatoms. The van der Waals surface area contributed by atoms with E-state index in [2.05, 4.69) is 11.9 Å². The largest absolute Gasteiger partial charge is 0.481 e. The van der Waals surface area contributed by atoms with Gasteiger partial charge in [-0.05, 0) is 18.6 Å². The van der Waals surface area contributed by atoms with Crippen LogP contribution in [0.4, 0.5) is 0 Å². The van der Waals surface area contributed by atoms with E-state index < -0.39 is 5.97 Å². The van der Waals surface area contributed by atoms with Gasteiger partial charge in [-0.1, -0.05) is 48.3 Å². The number of thioether (sulfide) groups is 1. The van der Waals surface area contributed by atoms with Crippen molar-refractivity contribution in [2.45, 2.75) is 31.5 Å². The van der Waals surface area contributed by atoms with Crippen molar-refractivity contribution in [2.75, 3.05) is 5.75 Å². The predicted octanol–water partition coefficient (Wildman–Crippen LogP) is 4.32. The van der Waals surface area contributed by atoms with Crippen LogP contribution in [0.1, 0.15) is 19.8 Å². The highest BCUT2D eigenvalue weighted by atomic mass is 35.5. The number of carboxylic acids is 1. The van der Waals surface area contributed by atoms with E-state index in [0.717, 1.165) is 30.4 Å². The summed E-state index contributed by atoms with van der Waals surface area (Å²) in [5, 5.41) is 10.4. The van der Waals surface area contributed by atoms with Crippen LogP contribution in [0.2, 0.25) is 10.0 Å². The van der Waals surface area contributed by atoms with Crippen LogP contribution in [-0.2, 0) is 11.3 Å². The van der Waals surface area contributed by atoms with Gasteiger partial charge in [-0.25, -0.2) is 4.98 Å². The molecular weight excluding hydrogens is 319 g/mol. The molecule has 1 heterocycles. The maximum Gasteiger partial charge on any atom is 0.313 e. The van der Waals surface area contributed by atoms with Crippen LogP contribution in [0, 0.1) is 0 Å². The molecule has 0 saturated carbocycles. The van der Waals surface area contributed by atoms with Gasteiger partial charge in [0.05, 0.1) is 26.8 Å². The molecule has 0 aliphatic carbocycles. The third-order valence-corrected chi connectivity index (χ3v) is 4.50. The van der Waals surface area contributed by atoms with Crippen LogP contribution >= 0.6 is 35.0 Å². The summed E-state index contributed by atoms with van der Waals surface area (Å²) in [6, 6.07) is 3.50. The van der Waals surface area contributed by atoms with Crippen LogP contribution in [0.15, 0.2) is 17.3 Å². The molecule has 0 bridgehead atoms. The molecule has 0 fully saturated rings. The SMILES string of the molecule is CCCCn1c(SCC(=O)O)nc2cc(Cl)c(Cl)cc21. The number of hydrogen-bond donors (Lipinski definition) is 1. The Hall–Kier alpha value is -0.910. The molecular formula is C13H14Cl2N2O2S. The predicted molar refractivity (Wildman–Crippen MR) is 83.0 cm³/mol. The molecule has 1 aromatic carbocycles. The van der Waals surface area contributed by atoms with Crippen molar-refractivity contribution < 1.29 is 9.90 Å². The molecule has 20 heavy (non-hydrogen) atoms. The summed E-state index contributed by atoms with van der Waals surface area (Å²) in [6.45, 7) is 2.89. The number of carbonyl (C=O) groups is 1. The van der Waals surface area contributed by atoms with Crippen molar-refractivity contribution in [3.63, 3.8) is 0 Å². The average molecular weight is 333 g/mol. The smallest absolute Gasteiger partial charge is 0.313 e. The average Bonchev–Trinajstić information content (AvgIpc) is 2.72. The number of aryl methyl sites for hydroxylation is 1. The topological polar surface area (TPSA) is 55.1 Å². The summed E-state index contributed by atoms with van der Waals surface area (Å²) in [4.78, 5) is 15.2. The van der Waals surface area contributed by atoms with Crippen molar-refractivity contribution in [3.8, 4) is 0 Å². The molecule has 108 valence electrons. The fourth-order valence-corrected chi connectivity index (χ4v) is 2.94. The second-order valence-corrected chi connectivity index (χ2v) is 6.09. The monoisotopic (exact) mass is 332 g/mol. The van der Waals surface area contributed by atoms with E-state index in [1.54, 1.807) is 12.1 Å². The summed E-state index contributed by atoms with van der Waals surface area (Å²) < 4.78 is 2.01. The van der Waals surface area contributed by atoms with Crippen molar-refractivity contribution in [3.05, 3.63) is 22.2 Å². The Kier molecular flexibility index (Phi) is 5.18. The van der Waals surface area contributed by atoms with Crippen molar-refractivity contribution in [2.24, 2.45) is 0 Å². The molecule has 1 aromatic heterocycles. The van der Waals surface area contributed by atoms with Gasteiger partial charge in [0, 0.05) is 6.54 Å². The van der Waals surface area contributed by atoms with Crippen LogP contribution in [0.5, 0.6) is 0 Å². The molecule has 4 nitrogen and oxygen atoms in total. The minimum atomic E-state index is -0.861. The molecule has 0 aliphatic heterocycles.